The fourth-order valence-electron chi connectivity index (χ4n) is 2.29. The van der Waals surface area contributed by atoms with E-state index < -0.39 is 6.61 Å². The zero-order valence-electron chi connectivity index (χ0n) is 11.0. The fraction of sp³-hybridized carbons (Fsp3) is 0.571. The number of ether oxygens (including phenoxy) is 1. The molecule has 0 heterocycles. The summed E-state index contributed by atoms with van der Waals surface area (Å²) in [6.07, 6.45) is 3.01. The average Bonchev–Trinajstić information content (AvgIpc) is 3.12. The predicted molar refractivity (Wildman–Crippen MR) is 75.9 cm³/mol. The molecule has 20 heavy (non-hydrogen) atoms. The topological polar surface area (TPSA) is 41.5 Å². The van der Waals surface area contributed by atoms with E-state index in [-0.39, 0.29) is 17.8 Å². The molecule has 1 saturated carbocycles. The maximum Gasteiger partial charge on any atom is 0.387 e. The van der Waals surface area contributed by atoms with Crippen molar-refractivity contribution >= 4 is 15.9 Å². The van der Waals surface area contributed by atoms with Crippen LogP contribution in [0.5, 0.6) is 5.75 Å². The molecular weight excluding hydrogens is 332 g/mol. The maximum atomic E-state index is 12.3. The first kappa shape index (κ1) is 15.7. The van der Waals surface area contributed by atoms with Crippen molar-refractivity contribution in [1.29, 1.82) is 0 Å². The summed E-state index contributed by atoms with van der Waals surface area (Å²) in [5.74, 6) is 0.197. The van der Waals surface area contributed by atoms with Crippen molar-refractivity contribution in [2.24, 2.45) is 5.41 Å². The van der Waals surface area contributed by atoms with Crippen LogP contribution in [0.1, 0.15) is 24.8 Å². The van der Waals surface area contributed by atoms with Crippen molar-refractivity contribution in [2.45, 2.75) is 32.4 Å². The van der Waals surface area contributed by atoms with Crippen LogP contribution >= 0.6 is 15.9 Å². The van der Waals surface area contributed by atoms with Crippen molar-refractivity contribution in [2.75, 3.05) is 13.2 Å². The van der Waals surface area contributed by atoms with Gasteiger partial charge in [0.05, 0.1) is 0 Å². The Bertz CT molecular complexity index is 453. The molecule has 0 amide bonds. The first-order valence-corrected chi connectivity index (χ1v) is 7.39. The molecule has 2 N–H and O–H groups in total. The quantitative estimate of drug-likeness (QED) is 0.756. The smallest absolute Gasteiger partial charge is 0.387 e. The van der Waals surface area contributed by atoms with Crippen molar-refractivity contribution in [1.82, 2.24) is 5.32 Å². The summed E-state index contributed by atoms with van der Waals surface area (Å²) in [7, 11) is 0. The summed E-state index contributed by atoms with van der Waals surface area (Å²) < 4.78 is 30.0. The second-order valence-corrected chi connectivity index (χ2v) is 6.12. The van der Waals surface area contributed by atoms with Crippen LogP contribution in [0.15, 0.2) is 22.7 Å². The lowest BCUT2D eigenvalue weighted by Gasteiger charge is -2.16. The Morgan fingerprint density at radius 2 is 2.15 bits per heavy atom. The van der Waals surface area contributed by atoms with Crippen LogP contribution < -0.4 is 10.1 Å². The normalized spacial score (nSPS) is 16.4. The van der Waals surface area contributed by atoms with Gasteiger partial charge in [0.25, 0.3) is 0 Å². The molecule has 1 aromatic rings. The number of hydrogen-bond donors (Lipinski definition) is 2. The number of halogens is 3. The van der Waals surface area contributed by atoms with Gasteiger partial charge in [-0.1, -0.05) is 15.9 Å². The lowest BCUT2D eigenvalue weighted by Crippen LogP contribution is -2.24. The molecule has 1 aromatic carbocycles. The molecule has 1 fully saturated rings. The van der Waals surface area contributed by atoms with Crippen molar-refractivity contribution < 1.29 is 18.6 Å². The minimum Gasteiger partial charge on any atom is -0.434 e. The second kappa shape index (κ2) is 6.83. The number of aliphatic hydroxyl groups excluding tert-OH is 1. The van der Waals surface area contributed by atoms with Crippen LogP contribution in [-0.4, -0.2) is 24.9 Å². The predicted octanol–water partition coefficient (Wildman–Crippen LogP) is 3.30. The van der Waals surface area contributed by atoms with E-state index >= 15 is 0 Å². The number of alkyl halides is 2. The van der Waals surface area contributed by atoms with Gasteiger partial charge in [0.2, 0.25) is 0 Å². The molecule has 112 valence electrons. The van der Waals surface area contributed by atoms with Gasteiger partial charge in [-0.05, 0) is 42.9 Å². The summed E-state index contributed by atoms with van der Waals surface area (Å²) in [6.45, 7) is -1.37. The maximum absolute atomic E-state index is 12.3. The minimum atomic E-state index is -2.82. The summed E-state index contributed by atoms with van der Waals surface area (Å²) in [4.78, 5) is 0. The molecule has 3 nitrogen and oxygen atoms in total. The molecule has 0 bridgehead atoms. The zero-order chi connectivity index (χ0) is 14.6. The van der Waals surface area contributed by atoms with Gasteiger partial charge in [-0.2, -0.15) is 8.78 Å². The molecule has 0 unspecified atom stereocenters. The summed E-state index contributed by atoms with van der Waals surface area (Å²) >= 11 is 3.33. The van der Waals surface area contributed by atoms with Gasteiger partial charge < -0.3 is 15.2 Å². The van der Waals surface area contributed by atoms with Crippen molar-refractivity contribution in [3.05, 3.63) is 28.2 Å². The molecule has 0 spiro atoms. The van der Waals surface area contributed by atoms with Crippen molar-refractivity contribution in [3.63, 3.8) is 0 Å². The Morgan fingerprint density at radius 3 is 2.75 bits per heavy atom. The van der Waals surface area contributed by atoms with Gasteiger partial charge in [0.15, 0.2) is 0 Å². The molecule has 0 saturated heterocycles. The van der Waals surface area contributed by atoms with Gasteiger partial charge >= 0.3 is 6.61 Å². The molecular formula is C14H18BrF2NO2. The third kappa shape index (κ3) is 4.40. The highest BCUT2D eigenvalue weighted by Crippen LogP contribution is 2.47. The Morgan fingerprint density at radius 1 is 1.40 bits per heavy atom. The summed E-state index contributed by atoms with van der Waals surface area (Å²) in [6, 6.07) is 4.99. The fourth-order valence-corrected chi connectivity index (χ4v) is 2.70. The molecule has 0 atom stereocenters. The van der Waals surface area contributed by atoms with Crippen LogP contribution in [0.25, 0.3) is 0 Å². The van der Waals surface area contributed by atoms with Crippen LogP contribution in [0.3, 0.4) is 0 Å². The monoisotopic (exact) mass is 349 g/mol. The first-order valence-electron chi connectivity index (χ1n) is 6.59. The van der Waals surface area contributed by atoms with Crippen LogP contribution in [0, 0.1) is 5.41 Å². The largest absolute Gasteiger partial charge is 0.434 e. The lowest BCUT2D eigenvalue weighted by atomic mass is 10.0. The van der Waals surface area contributed by atoms with E-state index in [9.17, 15) is 8.78 Å². The third-order valence-electron chi connectivity index (χ3n) is 3.65. The van der Waals surface area contributed by atoms with Crippen LogP contribution in [0.2, 0.25) is 0 Å². The molecule has 1 aliphatic carbocycles. The molecule has 2 rings (SSSR count). The summed E-state index contributed by atoms with van der Waals surface area (Å²) in [5, 5.41) is 12.3. The number of rotatable bonds is 8. The van der Waals surface area contributed by atoms with E-state index in [0.717, 1.165) is 30.3 Å². The SMILES string of the molecule is OCCC1(CNCc2cc(Br)ccc2OC(F)F)CC1. The van der Waals surface area contributed by atoms with E-state index in [1.54, 1.807) is 12.1 Å². The van der Waals surface area contributed by atoms with E-state index in [1.807, 2.05) is 0 Å². The van der Waals surface area contributed by atoms with Crippen LogP contribution in [-0.2, 0) is 6.54 Å². The van der Waals surface area contributed by atoms with E-state index in [0.29, 0.717) is 12.1 Å². The van der Waals surface area contributed by atoms with E-state index in [4.69, 9.17) is 5.11 Å². The molecule has 1 aliphatic rings. The number of nitrogens with one attached hydrogen (secondary N) is 1. The first-order chi connectivity index (χ1) is 9.54. The number of hydrogen-bond acceptors (Lipinski definition) is 3. The number of benzene rings is 1. The van der Waals surface area contributed by atoms with E-state index in [2.05, 4.69) is 26.0 Å². The second-order valence-electron chi connectivity index (χ2n) is 5.21. The minimum absolute atomic E-state index is 0.193. The van der Waals surface area contributed by atoms with Gasteiger partial charge in [-0.25, -0.2) is 0 Å². The average molecular weight is 350 g/mol. The van der Waals surface area contributed by atoms with Crippen LogP contribution in [0.4, 0.5) is 8.78 Å². The standard InChI is InChI=1S/C14H18BrF2NO2/c15-11-1-2-12(20-13(16)17)10(7-11)8-18-9-14(3-4-14)5-6-19/h1-2,7,13,18-19H,3-6,8-9H2. The molecule has 0 aromatic heterocycles. The highest BCUT2D eigenvalue weighted by atomic mass is 79.9. The van der Waals surface area contributed by atoms with Gasteiger partial charge in [-0.3, -0.25) is 0 Å². The van der Waals surface area contributed by atoms with Gasteiger partial charge in [-0.15, -0.1) is 0 Å². The van der Waals surface area contributed by atoms with E-state index in [1.165, 1.54) is 6.07 Å². The molecule has 6 heteroatoms. The van der Waals surface area contributed by atoms with Gasteiger partial charge in [0, 0.05) is 29.7 Å². The third-order valence-corrected chi connectivity index (χ3v) is 4.15. The molecule has 0 radical (unpaired) electrons. The lowest BCUT2D eigenvalue weighted by molar-refractivity contribution is -0.0505. The van der Waals surface area contributed by atoms with Crippen molar-refractivity contribution in [3.8, 4) is 5.75 Å². The Labute approximate surface area is 125 Å². The highest BCUT2D eigenvalue weighted by molar-refractivity contribution is 9.10. The Kier molecular flexibility index (Phi) is 5.35. The van der Waals surface area contributed by atoms with Gasteiger partial charge in [0.1, 0.15) is 5.75 Å². The highest BCUT2D eigenvalue weighted by Gasteiger charge is 2.41. The Balaban J connectivity index is 1.92. The molecule has 0 aliphatic heterocycles. The summed E-state index contributed by atoms with van der Waals surface area (Å²) in [5.41, 5.74) is 0.893. The number of aliphatic hydroxyl groups is 1. The zero-order valence-corrected chi connectivity index (χ0v) is 12.6. The Hall–Kier alpha value is -0.720.